The Morgan fingerprint density at radius 1 is 1.38 bits per heavy atom. The summed E-state index contributed by atoms with van der Waals surface area (Å²) in [5.41, 5.74) is 5.32. The van der Waals surface area contributed by atoms with Gasteiger partial charge in [-0.05, 0) is 32.4 Å². The van der Waals surface area contributed by atoms with Crippen molar-refractivity contribution >= 4 is 42.1 Å². The van der Waals surface area contributed by atoms with Crippen LogP contribution in [0.25, 0.3) is 11.2 Å². The van der Waals surface area contributed by atoms with Crippen molar-refractivity contribution in [1.82, 2.24) is 24.8 Å². The van der Waals surface area contributed by atoms with Crippen LogP contribution in [0.3, 0.4) is 0 Å². The topological polar surface area (TPSA) is 215 Å². The van der Waals surface area contributed by atoms with E-state index >= 15 is 0 Å². The first-order valence-electron chi connectivity index (χ1n) is 9.35. The molecule has 1 aliphatic heterocycles. The Labute approximate surface area is 186 Å². The molecule has 3 rings (SSSR count). The van der Waals surface area contributed by atoms with Crippen LogP contribution in [0.15, 0.2) is 6.33 Å². The molecule has 0 radical (unpaired) electrons. The first kappa shape index (κ1) is 24.7. The van der Waals surface area contributed by atoms with Gasteiger partial charge in [0.15, 0.2) is 17.7 Å². The molecule has 0 bridgehead atoms. The minimum absolute atomic E-state index is 0.000940. The van der Waals surface area contributed by atoms with E-state index in [9.17, 15) is 29.4 Å². The molecule has 1 fully saturated rings. The van der Waals surface area contributed by atoms with Gasteiger partial charge in [-0.3, -0.25) is 13.9 Å². The number of carbonyl (C=O) groups is 1. The molecule has 1 unspecified atom stereocenters. The Morgan fingerprint density at radius 3 is 2.62 bits per heavy atom. The normalized spacial score (nSPS) is 25.2. The van der Waals surface area contributed by atoms with Crippen molar-refractivity contribution in [3.05, 3.63) is 11.6 Å². The summed E-state index contributed by atoms with van der Waals surface area (Å²) in [4.78, 5) is 43.2. The number of aromatic nitrogens is 4. The quantitative estimate of drug-likeness (QED) is 0.213. The van der Waals surface area contributed by atoms with Crippen LogP contribution in [-0.2, 0) is 18.8 Å². The number of imidazole rings is 1. The van der Waals surface area contributed by atoms with Gasteiger partial charge < -0.3 is 40.5 Å². The highest BCUT2D eigenvalue weighted by Crippen LogP contribution is 2.43. The van der Waals surface area contributed by atoms with Crippen LogP contribution in [0.4, 0.5) is 5.82 Å². The summed E-state index contributed by atoms with van der Waals surface area (Å²) in [6.45, 7) is 4.28. The van der Waals surface area contributed by atoms with E-state index in [1.54, 1.807) is 20.8 Å². The van der Waals surface area contributed by atoms with Crippen molar-refractivity contribution in [2.75, 3.05) is 12.3 Å². The zero-order chi connectivity index (χ0) is 24.0. The van der Waals surface area contributed by atoms with Crippen LogP contribution in [0, 0.1) is 0 Å². The minimum atomic E-state index is -5.01. The Balaban J connectivity index is 1.78. The average molecular weight is 495 g/mol. The van der Waals surface area contributed by atoms with Crippen molar-refractivity contribution in [3.63, 3.8) is 0 Å². The van der Waals surface area contributed by atoms with Gasteiger partial charge in [0.1, 0.15) is 23.8 Å². The number of aliphatic hydroxyl groups is 2. The molecule has 7 N–H and O–H groups in total. The Morgan fingerprint density at radius 2 is 2.03 bits per heavy atom. The number of nitrogens with one attached hydrogen (secondary N) is 1. The molecule has 0 spiro atoms. The fourth-order valence-corrected chi connectivity index (χ4v) is 3.96. The van der Waals surface area contributed by atoms with Gasteiger partial charge in [0.05, 0.1) is 12.9 Å². The molecule has 14 nitrogen and oxygen atoms in total. The van der Waals surface area contributed by atoms with Gasteiger partial charge in [-0.25, -0.2) is 4.98 Å². The highest BCUT2D eigenvalue weighted by Gasteiger charge is 2.46. The second-order valence-electron chi connectivity index (χ2n) is 8.26. The second kappa shape index (κ2) is 8.80. The second-order valence-corrected chi connectivity index (χ2v) is 10.2. The molecule has 1 saturated heterocycles. The molecule has 2 aromatic rings. The van der Waals surface area contributed by atoms with Gasteiger partial charge in [0, 0.05) is 5.54 Å². The van der Waals surface area contributed by atoms with Gasteiger partial charge in [-0.2, -0.15) is 9.97 Å². The van der Waals surface area contributed by atoms with Crippen LogP contribution >= 0.6 is 19.2 Å². The lowest BCUT2D eigenvalue weighted by molar-refractivity contribution is -0.134. The predicted molar refractivity (Wildman–Crippen MR) is 110 cm³/mol. The fourth-order valence-electron chi connectivity index (χ4n) is 3.14. The number of aliphatic hydroxyl groups excluding tert-OH is 2. The van der Waals surface area contributed by atoms with Crippen molar-refractivity contribution in [2.24, 2.45) is 0 Å². The lowest BCUT2D eigenvalue weighted by Crippen LogP contribution is -2.47. The van der Waals surface area contributed by atoms with Crippen molar-refractivity contribution < 1.29 is 38.8 Å². The summed E-state index contributed by atoms with van der Waals surface area (Å²) < 4.78 is 23.8. The number of nitrogen functional groups attached to an aromatic ring is 1. The number of halogens is 1. The Hall–Kier alpha value is -1.90. The number of anilines is 1. The summed E-state index contributed by atoms with van der Waals surface area (Å²) in [6.07, 6.45) is -4.20. The minimum Gasteiger partial charge on any atom is -0.387 e. The van der Waals surface area contributed by atoms with E-state index in [4.69, 9.17) is 26.8 Å². The van der Waals surface area contributed by atoms with E-state index < -0.39 is 56.0 Å². The molecule has 1 aliphatic rings. The summed E-state index contributed by atoms with van der Waals surface area (Å²) in [7, 11) is -5.01. The molecule has 3 heterocycles. The van der Waals surface area contributed by atoms with Crippen molar-refractivity contribution in [3.8, 4) is 0 Å². The summed E-state index contributed by atoms with van der Waals surface area (Å²) in [5.74, 6) is -3.16. The van der Waals surface area contributed by atoms with Crippen LogP contribution in [0.5, 0.6) is 0 Å². The summed E-state index contributed by atoms with van der Waals surface area (Å²) >= 11 is 5.83. The summed E-state index contributed by atoms with van der Waals surface area (Å²) in [6, 6.07) is 0. The number of fused-ring (bicyclic) bond motifs is 1. The number of nitrogens with zero attached hydrogens (tertiary/aromatic N) is 4. The van der Waals surface area contributed by atoms with Gasteiger partial charge >= 0.3 is 7.60 Å². The molecule has 0 aliphatic carbocycles. The molecule has 5 atom stereocenters. The predicted octanol–water partition coefficient (Wildman–Crippen LogP) is -0.884. The maximum Gasteiger partial charge on any atom is 0.363 e. The molecule has 32 heavy (non-hydrogen) atoms. The molecular formula is C16H24ClN6O8P. The highest BCUT2D eigenvalue weighted by atomic mass is 35.5. The zero-order valence-corrected chi connectivity index (χ0v) is 18.9. The van der Waals surface area contributed by atoms with E-state index in [-0.39, 0.29) is 22.3 Å². The van der Waals surface area contributed by atoms with Gasteiger partial charge in [0.2, 0.25) is 11.1 Å². The molecule has 0 saturated carbocycles. The third-order valence-corrected chi connectivity index (χ3v) is 5.64. The SMILES string of the molecule is CC(C)(C)NC(=O)C(OC[C@H]1O[C@@H](n2cnc3c(N)nc(Cl)nc32)[C@H](O)[C@@H]1O)P(=O)(O)O. The fraction of sp³-hybridized carbons (Fsp3) is 0.625. The van der Waals surface area contributed by atoms with E-state index in [0.717, 1.165) is 0 Å². The van der Waals surface area contributed by atoms with Crippen LogP contribution in [-0.4, -0.2) is 81.7 Å². The molecule has 16 heteroatoms. The number of hydrogen-bond acceptors (Lipinski definition) is 10. The largest absolute Gasteiger partial charge is 0.387 e. The average Bonchev–Trinajstić information content (AvgIpc) is 3.15. The van der Waals surface area contributed by atoms with Gasteiger partial charge in [-0.15, -0.1) is 0 Å². The van der Waals surface area contributed by atoms with Crippen molar-refractivity contribution in [2.45, 2.75) is 56.7 Å². The van der Waals surface area contributed by atoms with E-state index in [2.05, 4.69) is 20.3 Å². The van der Waals surface area contributed by atoms with Crippen LogP contribution in [0.1, 0.15) is 27.0 Å². The highest BCUT2D eigenvalue weighted by molar-refractivity contribution is 7.53. The monoisotopic (exact) mass is 494 g/mol. The molecule has 2 aromatic heterocycles. The lowest BCUT2D eigenvalue weighted by atomic mass is 10.1. The standard InChI is InChI=1S/C16H24ClN6O8P/c1-16(2,3)22-12(26)14(32(27,28)29)30-4-6-8(24)9(25)13(31-6)23-5-19-7-10(18)20-15(17)21-11(7)23/h5-6,8-9,13-14,24-25H,4H2,1-3H3,(H,22,26)(H2,18,20,21)(H2,27,28,29)/t6-,8-,9-,13-,14?/m1/s1. The van der Waals surface area contributed by atoms with Crippen LogP contribution < -0.4 is 11.1 Å². The molecule has 178 valence electrons. The molecular weight excluding hydrogens is 471 g/mol. The number of carbonyl (C=O) groups excluding carboxylic acids is 1. The number of amides is 1. The van der Waals surface area contributed by atoms with E-state index in [1.807, 2.05) is 0 Å². The number of rotatable bonds is 6. The zero-order valence-electron chi connectivity index (χ0n) is 17.3. The smallest absolute Gasteiger partial charge is 0.363 e. The maximum atomic E-state index is 12.3. The first-order valence-corrected chi connectivity index (χ1v) is 11.4. The van der Waals surface area contributed by atoms with E-state index in [1.165, 1.54) is 10.9 Å². The van der Waals surface area contributed by atoms with Crippen LogP contribution in [0.2, 0.25) is 5.28 Å². The number of nitrogens with two attached hydrogens (primary N) is 1. The number of hydrogen-bond donors (Lipinski definition) is 6. The van der Waals surface area contributed by atoms with Gasteiger partial charge in [0.25, 0.3) is 5.91 Å². The van der Waals surface area contributed by atoms with E-state index in [0.29, 0.717) is 0 Å². The van der Waals surface area contributed by atoms with Gasteiger partial charge in [-0.1, -0.05) is 0 Å². The lowest BCUT2D eigenvalue weighted by Gasteiger charge is -2.26. The molecule has 1 amide bonds. The third kappa shape index (κ3) is 5.18. The first-order chi connectivity index (χ1) is 14.7. The maximum absolute atomic E-state index is 12.3. The Kier molecular flexibility index (Phi) is 6.80. The Bertz CT molecular complexity index is 1060. The summed E-state index contributed by atoms with van der Waals surface area (Å²) in [5, 5.41) is 23.1. The number of ether oxygens (including phenoxy) is 2. The molecule has 0 aromatic carbocycles. The third-order valence-electron chi connectivity index (χ3n) is 4.48. The van der Waals surface area contributed by atoms with Crippen molar-refractivity contribution in [1.29, 1.82) is 0 Å².